The fourth-order valence-electron chi connectivity index (χ4n) is 3.61. The third-order valence-corrected chi connectivity index (χ3v) is 5.64. The van der Waals surface area contributed by atoms with E-state index in [1.807, 2.05) is 41.4 Å². The highest BCUT2D eigenvalue weighted by Gasteiger charge is 2.25. The summed E-state index contributed by atoms with van der Waals surface area (Å²) in [7, 11) is 0. The SMILES string of the molecule is O=C(c1ccc(-n2cccn2)nc1)N1CCc2[nH]c3c(Br)cccc3c2C1. The number of halogens is 1. The second kappa shape index (κ2) is 6.35. The van der Waals surface area contributed by atoms with E-state index in [0.717, 1.165) is 16.4 Å². The lowest BCUT2D eigenvalue weighted by Gasteiger charge is -2.27. The number of aromatic amines is 1. The summed E-state index contributed by atoms with van der Waals surface area (Å²) in [6.07, 6.45) is 5.97. The molecular formula is C20H16BrN5O. The van der Waals surface area contributed by atoms with Gasteiger partial charge in [-0.1, -0.05) is 12.1 Å². The number of benzene rings is 1. The van der Waals surface area contributed by atoms with Crippen LogP contribution >= 0.6 is 15.9 Å². The first-order chi connectivity index (χ1) is 13.2. The van der Waals surface area contributed by atoms with Crippen LogP contribution in [-0.2, 0) is 13.0 Å². The molecule has 134 valence electrons. The number of nitrogens with one attached hydrogen (secondary N) is 1. The van der Waals surface area contributed by atoms with Crippen molar-refractivity contribution in [1.29, 1.82) is 0 Å². The van der Waals surface area contributed by atoms with Crippen molar-refractivity contribution in [2.45, 2.75) is 13.0 Å². The number of fused-ring (bicyclic) bond motifs is 3. The molecular weight excluding hydrogens is 406 g/mol. The number of aromatic nitrogens is 4. The minimum atomic E-state index is 0.00418. The van der Waals surface area contributed by atoms with Gasteiger partial charge in [-0.3, -0.25) is 4.79 Å². The quantitative estimate of drug-likeness (QED) is 0.536. The normalized spacial score (nSPS) is 13.7. The van der Waals surface area contributed by atoms with Gasteiger partial charge in [-0.15, -0.1) is 0 Å². The molecule has 0 aliphatic carbocycles. The summed E-state index contributed by atoms with van der Waals surface area (Å²) < 4.78 is 2.72. The largest absolute Gasteiger partial charge is 0.357 e. The maximum absolute atomic E-state index is 13.0. The summed E-state index contributed by atoms with van der Waals surface area (Å²) in [5, 5.41) is 5.33. The number of hydrogen-bond donors (Lipinski definition) is 1. The summed E-state index contributed by atoms with van der Waals surface area (Å²) in [6, 6.07) is 11.6. The van der Waals surface area contributed by atoms with Crippen molar-refractivity contribution >= 4 is 32.7 Å². The van der Waals surface area contributed by atoms with Crippen LogP contribution in [0.2, 0.25) is 0 Å². The molecule has 0 saturated carbocycles. The van der Waals surface area contributed by atoms with Crippen LogP contribution in [0.1, 0.15) is 21.6 Å². The molecule has 5 rings (SSSR count). The number of nitrogens with zero attached hydrogens (tertiary/aromatic N) is 4. The zero-order chi connectivity index (χ0) is 18.4. The molecule has 0 atom stereocenters. The van der Waals surface area contributed by atoms with E-state index < -0.39 is 0 Å². The van der Waals surface area contributed by atoms with Crippen molar-refractivity contribution in [1.82, 2.24) is 24.6 Å². The zero-order valence-corrected chi connectivity index (χ0v) is 16.0. The number of pyridine rings is 1. The van der Waals surface area contributed by atoms with Gasteiger partial charge in [0, 0.05) is 59.2 Å². The predicted octanol–water partition coefficient (Wildman–Crippen LogP) is 3.71. The second-order valence-corrected chi connectivity index (χ2v) is 7.43. The number of rotatable bonds is 2. The van der Waals surface area contributed by atoms with Gasteiger partial charge in [0.1, 0.15) is 0 Å². The van der Waals surface area contributed by atoms with Crippen LogP contribution in [0.15, 0.2) is 59.5 Å². The molecule has 0 bridgehead atoms. The number of carbonyl (C=O) groups excluding carboxylic acids is 1. The van der Waals surface area contributed by atoms with Crippen LogP contribution in [0.3, 0.4) is 0 Å². The molecule has 6 nitrogen and oxygen atoms in total. The third kappa shape index (κ3) is 2.75. The van der Waals surface area contributed by atoms with Crippen molar-refractivity contribution in [3.63, 3.8) is 0 Å². The molecule has 1 aromatic carbocycles. The van der Waals surface area contributed by atoms with E-state index in [2.05, 4.69) is 37.1 Å². The average Bonchev–Trinajstić information content (AvgIpc) is 3.36. The minimum absolute atomic E-state index is 0.00418. The van der Waals surface area contributed by atoms with Gasteiger partial charge in [-0.25, -0.2) is 9.67 Å². The topological polar surface area (TPSA) is 66.8 Å². The molecule has 0 spiro atoms. The Balaban J connectivity index is 1.42. The molecule has 27 heavy (non-hydrogen) atoms. The first-order valence-corrected chi connectivity index (χ1v) is 9.53. The standard InChI is InChI=1S/C20H16BrN5O/c21-16-4-1-3-14-15-12-25(10-7-17(15)24-19(14)16)20(27)13-5-6-18(22-11-13)26-9-2-8-23-26/h1-6,8-9,11,24H,7,10,12H2. The molecule has 1 aliphatic heterocycles. The van der Waals surface area contributed by atoms with Crippen molar-refractivity contribution in [3.05, 3.63) is 76.3 Å². The van der Waals surface area contributed by atoms with Crippen LogP contribution in [-0.4, -0.2) is 37.1 Å². The van der Waals surface area contributed by atoms with Gasteiger partial charge in [0.25, 0.3) is 5.91 Å². The minimum Gasteiger partial charge on any atom is -0.357 e. The monoisotopic (exact) mass is 421 g/mol. The van der Waals surface area contributed by atoms with Gasteiger partial charge in [0.2, 0.25) is 0 Å². The van der Waals surface area contributed by atoms with E-state index in [4.69, 9.17) is 0 Å². The Morgan fingerprint density at radius 2 is 2.11 bits per heavy atom. The van der Waals surface area contributed by atoms with Crippen LogP contribution in [0, 0.1) is 0 Å². The highest BCUT2D eigenvalue weighted by atomic mass is 79.9. The molecule has 1 aliphatic rings. The molecule has 0 unspecified atom stereocenters. The first kappa shape index (κ1) is 16.3. The van der Waals surface area contributed by atoms with Gasteiger partial charge in [-0.05, 0) is 40.2 Å². The molecule has 0 fully saturated rings. The number of para-hydroxylation sites is 1. The Kier molecular flexibility index (Phi) is 3.82. The van der Waals surface area contributed by atoms with E-state index in [0.29, 0.717) is 24.5 Å². The van der Waals surface area contributed by atoms with Crippen LogP contribution in [0.25, 0.3) is 16.7 Å². The second-order valence-electron chi connectivity index (χ2n) is 6.58. The van der Waals surface area contributed by atoms with Crippen molar-refractivity contribution in [2.24, 2.45) is 0 Å². The highest BCUT2D eigenvalue weighted by molar-refractivity contribution is 9.10. The third-order valence-electron chi connectivity index (χ3n) is 4.98. The predicted molar refractivity (Wildman–Crippen MR) is 106 cm³/mol. The van der Waals surface area contributed by atoms with Crippen LogP contribution in [0.5, 0.6) is 0 Å². The van der Waals surface area contributed by atoms with Gasteiger partial charge in [-0.2, -0.15) is 5.10 Å². The lowest BCUT2D eigenvalue weighted by atomic mass is 10.0. The number of amides is 1. The maximum Gasteiger partial charge on any atom is 0.255 e. The fourth-order valence-corrected chi connectivity index (χ4v) is 4.08. The van der Waals surface area contributed by atoms with Crippen molar-refractivity contribution in [2.75, 3.05) is 6.54 Å². The van der Waals surface area contributed by atoms with Gasteiger partial charge in [0.05, 0.1) is 11.1 Å². The zero-order valence-electron chi connectivity index (χ0n) is 14.4. The average molecular weight is 422 g/mol. The van der Waals surface area contributed by atoms with E-state index in [-0.39, 0.29) is 5.91 Å². The summed E-state index contributed by atoms with van der Waals surface area (Å²) in [4.78, 5) is 22.7. The molecule has 1 N–H and O–H groups in total. The van der Waals surface area contributed by atoms with Gasteiger partial charge < -0.3 is 9.88 Å². The summed E-state index contributed by atoms with van der Waals surface area (Å²) in [5.41, 5.74) is 4.11. The molecule has 4 aromatic rings. The first-order valence-electron chi connectivity index (χ1n) is 8.74. The molecule has 0 radical (unpaired) electrons. The molecule has 4 heterocycles. The Hall–Kier alpha value is -2.93. The lowest BCUT2D eigenvalue weighted by molar-refractivity contribution is 0.0734. The molecule has 1 amide bonds. The summed E-state index contributed by atoms with van der Waals surface area (Å²) in [5.74, 6) is 0.698. The van der Waals surface area contributed by atoms with E-state index in [9.17, 15) is 4.79 Å². The lowest BCUT2D eigenvalue weighted by Crippen LogP contribution is -2.35. The Bertz CT molecular complexity index is 1130. The summed E-state index contributed by atoms with van der Waals surface area (Å²) in [6.45, 7) is 1.29. The Labute approximate surface area is 164 Å². The van der Waals surface area contributed by atoms with Crippen LogP contribution < -0.4 is 0 Å². The van der Waals surface area contributed by atoms with Gasteiger partial charge in [0.15, 0.2) is 5.82 Å². The van der Waals surface area contributed by atoms with E-state index in [1.54, 1.807) is 17.1 Å². The smallest absolute Gasteiger partial charge is 0.255 e. The van der Waals surface area contributed by atoms with Gasteiger partial charge >= 0.3 is 0 Å². The fraction of sp³-hybridized carbons (Fsp3) is 0.150. The number of carbonyl (C=O) groups is 1. The molecule has 3 aromatic heterocycles. The van der Waals surface area contributed by atoms with E-state index >= 15 is 0 Å². The highest BCUT2D eigenvalue weighted by Crippen LogP contribution is 2.32. The van der Waals surface area contributed by atoms with Crippen molar-refractivity contribution < 1.29 is 4.79 Å². The molecule has 0 saturated heterocycles. The van der Waals surface area contributed by atoms with Crippen LogP contribution in [0.4, 0.5) is 0 Å². The Morgan fingerprint density at radius 1 is 1.19 bits per heavy atom. The van der Waals surface area contributed by atoms with E-state index in [1.165, 1.54) is 16.6 Å². The number of hydrogen-bond acceptors (Lipinski definition) is 3. The molecule has 7 heteroatoms. The van der Waals surface area contributed by atoms with Crippen molar-refractivity contribution in [3.8, 4) is 5.82 Å². The number of H-pyrrole nitrogens is 1. The maximum atomic E-state index is 13.0. The summed E-state index contributed by atoms with van der Waals surface area (Å²) >= 11 is 3.60. The Morgan fingerprint density at radius 3 is 2.89 bits per heavy atom.